The minimum atomic E-state index is -0.687. The monoisotopic (exact) mass is 197 g/mol. The zero-order chi connectivity index (χ0) is 10.7. The molecule has 1 saturated carbocycles. The molecule has 1 atom stereocenters. The number of hydrogen-bond donors (Lipinski definition) is 1. The molecule has 0 radical (unpaired) electrons. The maximum Gasteiger partial charge on any atom is 0.159 e. The molecule has 0 amide bonds. The highest BCUT2D eigenvalue weighted by Gasteiger charge is 2.48. The van der Waals surface area contributed by atoms with E-state index in [-0.39, 0.29) is 18.6 Å². The van der Waals surface area contributed by atoms with Gasteiger partial charge in [-0.1, -0.05) is 20.3 Å². The molecular weight excluding hydrogens is 178 g/mol. The molecule has 0 bridgehead atoms. The second-order valence-electron chi connectivity index (χ2n) is 4.60. The summed E-state index contributed by atoms with van der Waals surface area (Å²) in [5.41, 5.74) is -0.789. The summed E-state index contributed by atoms with van der Waals surface area (Å²) in [6.45, 7) is 4.40. The summed E-state index contributed by atoms with van der Waals surface area (Å²) >= 11 is 0. The summed E-state index contributed by atoms with van der Waals surface area (Å²) in [7, 11) is 0. The number of rotatable bonds is 3. The average Bonchev–Trinajstić information content (AvgIpc) is 2.16. The maximum atomic E-state index is 9.25. The molecule has 0 aromatic rings. The van der Waals surface area contributed by atoms with Gasteiger partial charge in [0.05, 0.1) is 19.3 Å². The molecule has 1 unspecified atom stereocenters. The van der Waals surface area contributed by atoms with Crippen molar-refractivity contribution >= 4 is 0 Å². The van der Waals surface area contributed by atoms with Crippen molar-refractivity contribution in [3.8, 4) is 6.07 Å². The summed E-state index contributed by atoms with van der Waals surface area (Å²) in [5.74, 6) is 0. The third-order valence-corrected chi connectivity index (χ3v) is 3.29. The van der Waals surface area contributed by atoms with Gasteiger partial charge in [-0.3, -0.25) is 0 Å². The van der Waals surface area contributed by atoms with Gasteiger partial charge in [0.25, 0.3) is 0 Å². The number of nitrogens with zero attached hydrogens (tertiary/aromatic N) is 1. The van der Waals surface area contributed by atoms with E-state index in [0.717, 1.165) is 19.3 Å². The van der Waals surface area contributed by atoms with Gasteiger partial charge < -0.3 is 9.84 Å². The van der Waals surface area contributed by atoms with Gasteiger partial charge in [-0.15, -0.1) is 0 Å². The van der Waals surface area contributed by atoms with Gasteiger partial charge in [-0.05, 0) is 19.3 Å². The van der Waals surface area contributed by atoms with Crippen LogP contribution in [-0.4, -0.2) is 23.9 Å². The molecule has 14 heavy (non-hydrogen) atoms. The van der Waals surface area contributed by atoms with Crippen LogP contribution in [0.25, 0.3) is 0 Å². The summed E-state index contributed by atoms with van der Waals surface area (Å²) in [5, 5.41) is 18.0. The standard InChI is InChI=1S/C11H19NO2/c1-10(2)5-3-4-6-11(10,9-12)14-8-7-13/h13H,3-8H2,1-2H3. The molecule has 1 rings (SSSR count). The average molecular weight is 197 g/mol. The fraction of sp³-hybridized carbons (Fsp3) is 0.909. The first kappa shape index (κ1) is 11.5. The van der Waals surface area contributed by atoms with Crippen molar-refractivity contribution in [2.24, 2.45) is 5.41 Å². The van der Waals surface area contributed by atoms with E-state index in [2.05, 4.69) is 19.9 Å². The fourth-order valence-electron chi connectivity index (χ4n) is 2.21. The lowest BCUT2D eigenvalue weighted by molar-refractivity contribution is -0.113. The molecule has 0 aromatic carbocycles. The summed E-state index contributed by atoms with van der Waals surface area (Å²) in [4.78, 5) is 0. The van der Waals surface area contributed by atoms with E-state index in [1.807, 2.05) is 0 Å². The van der Waals surface area contributed by atoms with Crippen LogP contribution in [0.2, 0.25) is 0 Å². The van der Waals surface area contributed by atoms with Crippen LogP contribution in [0.4, 0.5) is 0 Å². The molecule has 0 aromatic heterocycles. The SMILES string of the molecule is CC1(C)CCCCC1(C#N)OCCO. The Morgan fingerprint density at radius 1 is 1.36 bits per heavy atom. The Labute approximate surface area is 85.7 Å². The molecular formula is C11H19NO2. The summed E-state index contributed by atoms with van der Waals surface area (Å²) < 4.78 is 5.57. The van der Waals surface area contributed by atoms with Crippen LogP contribution in [0.5, 0.6) is 0 Å². The highest BCUT2D eigenvalue weighted by molar-refractivity contribution is 5.12. The zero-order valence-corrected chi connectivity index (χ0v) is 9.05. The molecule has 1 fully saturated rings. The number of aliphatic hydroxyl groups is 1. The normalized spacial score (nSPS) is 31.0. The zero-order valence-electron chi connectivity index (χ0n) is 9.05. The van der Waals surface area contributed by atoms with Gasteiger partial charge in [0, 0.05) is 5.41 Å². The van der Waals surface area contributed by atoms with Gasteiger partial charge in [0.15, 0.2) is 5.60 Å². The minimum Gasteiger partial charge on any atom is -0.394 e. The lowest BCUT2D eigenvalue weighted by Gasteiger charge is -2.44. The number of nitriles is 1. The summed E-state index contributed by atoms with van der Waals surface area (Å²) in [6.07, 6.45) is 4.02. The predicted molar refractivity (Wildman–Crippen MR) is 53.6 cm³/mol. The van der Waals surface area contributed by atoms with Crippen molar-refractivity contribution in [1.29, 1.82) is 5.26 Å². The molecule has 1 N–H and O–H groups in total. The first-order valence-electron chi connectivity index (χ1n) is 5.24. The Bertz CT molecular complexity index is 232. The van der Waals surface area contributed by atoms with Crippen LogP contribution in [0.15, 0.2) is 0 Å². The van der Waals surface area contributed by atoms with Crippen LogP contribution in [0, 0.1) is 16.7 Å². The molecule has 0 saturated heterocycles. The lowest BCUT2D eigenvalue weighted by Crippen LogP contribution is -2.48. The first-order valence-corrected chi connectivity index (χ1v) is 5.24. The van der Waals surface area contributed by atoms with Crippen molar-refractivity contribution in [2.75, 3.05) is 13.2 Å². The Hall–Kier alpha value is -0.590. The number of ether oxygens (including phenoxy) is 1. The molecule has 3 heteroatoms. The van der Waals surface area contributed by atoms with E-state index in [1.54, 1.807) is 0 Å². The van der Waals surface area contributed by atoms with E-state index in [0.29, 0.717) is 0 Å². The predicted octanol–water partition coefficient (Wildman–Crippen LogP) is 1.86. The van der Waals surface area contributed by atoms with E-state index >= 15 is 0 Å². The molecule has 1 aliphatic carbocycles. The molecule has 80 valence electrons. The van der Waals surface area contributed by atoms with Gasteiger partial charge in [0.1, 0.15) is 0 Å². The molecule has 0 aliphatic heterocycles. The highest BCUT2D eigenvalue weighted by atomic mass is 16.5. The number of hydrogen-bond acceptors (Lipinski definition) is 3. The second kappa shape index (κ2) is 4.29. The van der Waals surface area contributed by atoms with Crippen LogP contribution < -0.4 is 0 Å². The van der Waals surface area contributed by atoms with Crippen LogP contribution >= 0.6 is 0 Å². The second-order valence-corrected chi connectivity index (χ2v) is 4.60. The van der Waals surface area contributed by atoms with E-state index in [9.17, 15) is 5.26 Å². The highest BCUT2D eigenvalue weighted by Crippen LogP contribution is 2.45. The lowest BCUT2D eigenvalue weighted by atomic mass is 9.66. The topological polar surface area (TPSA) is 53.2 Å². The van der Waals surface area contributed by atoms with Crippen LogP contribution in [-0.2, 0) is 4.74 Å². The van der Waals surface area contributed by atoms with Crippen LogP contribution in [0.3, 0.4) is 0 Å². The van der Waals surface area contributed by atoms with Crippen molar-refractivity contribution in [2.45, 2.75) is 45.1 Å². The molecule has 1 aliphatic rings. The minimum absolute atomic E-state index is 0.0144. The smallest absolute Gasteiger partial charge is 0.159 e. The Morgan fingerprint density at radius 3 is 2.50 bits per heavy atom. The Kier molecular flexibility index (Phi) is 3.52. The van der Waals surface area contributed by atoms with E-state index in [1.165, 1.54) is 6.42 Å². The fourth-order valence-corrected chi connectivity index (χ4v) is 2.21. The van der Waals surface area contributed by atoms with Gasteiger partial charge in [-0.2, -0.15) is 5.26 Å². The Morgan fingerprint density at radius 2 is 2.00 bits per heavy atom. The molecule has 0 heterocycles. The van der Waals surface area contributed by atoms with Gasteiger partial charge in [-0.25, -0.2) is 0 Å². The first-order chi connectivity index (χ1) is 6.58. The van der Waals surface area contributed by atoms with Crippen molar-refractivity contribution in [1.82, 2.24) is 0 Å². The van der Waals surface area contributed by atoms with Crippen LogP contribution in [0.1, 0.15) is 39.5 Å². The quantitative estimate of drug-likeness (QED) is 0.751. The van der Waals surface area contributed by atoms with Crippen molar-refractivity contribution in [3.63, 3.8) is 0 Å². The van der Waals surface area contributed by atoms with Crippen molar-refractivity contribution < 1.29 is 9.84 Å². The summed E-state index contributed by atoms with van der Waals surface area (Å²) in [6, 6.07) is 2.31. The molecule has 0 spiro atoms. The Balaban J connectivity index is 2.79. The van der Waals surface area contributed by atoms with Gasteiger partial charge >= 0.3 is 0 Å². The molecule has 3 nitrogen and oxygen atoms in total. The third kappa shape index (κ3) is 1.92. The van der Waals surface area contributed by atoms with E-state index < -0.39 is 5.60 Å². The van der Waals surface area contributed by atoms with Crippen molar-refractivity contribution in [3.05, 3.63) is 0 Å². The maximum absolute atomic E-state index is 9.25. The third-order valence-electron chi connectivity index (χ3n) is 3.29. The van der Waals surface area contributed by atoms with Gasteiger partial charge in [0.2, 0.25) is 0 Å². The van der Waals surface area contributed by atoms with E-state index in [4.69, 9.17) is 9.84 Å². The number of aliphatic hydroxyl groups excluding tert-OH is 1. The largest absolute Gasteiger partial charge is 0.394 e.